The van der Waals surface area contributed by atoms with Crippen LogP contribution >= 0.6 is 11.3 Å². The maximum atomic E-state index is 12.4. The van der Waals surface area contributed by atoms with Gasteiger partial charge in [-0.25, -0.2) is 4.98 Å². The Morgan fingerprint density at radius 1 is 1.33 bits per heavy atom. The van der Waals surface area contributed by atoms with Gasteiger partial charge in [0.15, 0.2) is 11.4 Å². The number of nitrogens with one attached hydrogen (secondary N) is 1. The molecule has 112 valence electrons. The number of carbonyl (C=O) groups excluding carboxylic acids is 2. The number of anilines is 1. The third-order valence-electron chi connectivity index (χ3n) is 2.55. The predicted octanol–water partition coefficient (Wildman–Crippen LogP) is 3.95. The summed E-state index contributed by atoms with van der Waals surface area (Å²) in [6.07, 6.45) is 1.95. The van der Waals surface area contributed by atoms with Crippen LogP contribution in [-0.2, 0) is 0 Å². The molecule has 2 rings (SSSR count). The second kappa shape index (κ2) is 8.32. The first kappa shape index (κ1) is 17.0. The van der Waals surface area contributed by atoms with Crippen molar-refractivity contribution >= 4 is 28.5 Å². The highest BCUT2D eigenvalue weighted by molar-refractivity contribution is 7.17. The van der Waals surface area contributed by atoms with Gasteiger partial charge < -0.3 is 5.32 Å². The van der Waals surface area contributed by atoms with Gasteiger partial charge in [-0.2, -0.15) is 0 Å². The normalized spacial score (nSPS) is 9.52. The van der Waals surface area contributed by atoms with E-state index in [2.05, 4.69) is 24.1 Å². The Kier molecular flexibility index (Phi) is 6.75. The van der Waals surface area contributed by atoms with Crippen LogP contribution < -0.4 is 5.32 Å². The van der Waals surface area contributed by atoms with Crippen molar-refractivity contribution < 1.29 is 9.59 Å². The van der Waals surface area contributed by atoms with E-state index >= 15 is 0 Å². The Hall–Kier alpha value is -2.01. The van der Waals surface area contributed by atoms with Gasteiger partial charge in [0.05, 0.1) is 10.6 Å². The number of ketones is 1. The SMILES string of the molecule is CCC.CNc1nc(C)c(C(=O)c2ccccc2C=O)s1. The Morgan fingerprint density at radius 2 is 1.95 bits per heavy atom. The summed E-state index contributed by atoms with van der Waals surface area (Å²) in [5.74, 6) is -0.158. The highest BCUT2D eigenvalue weighted by Gasteiger charge is 2.18. The zero-order chi connectivity index (χ0) is 15.8. The van der Waals surface area contributed by atoms with E-state index in [4.69, 9.17) is 0 Å². The lowest BCUT2D eigenvalue weighted by Crippen LogP contribution is -2.04. The van der Waals surface area contributed by atoms with Crippen molar-refractivity contribution in [2.45, 2.75) is 27.2 Å². The molecule has 0 amide bonds. The van der Waals surface area contributed by atoms with Crippen molar-refractivity contribution in [3.05, 3.63) is 46.0 Å². The molecule has 0 atom stereocenters. The summed E-state index contributed by atoms with van der Waals surface area (Å²) < 4.78 is 0. The molecule has 5 heteroatoms. The molecule has 4 nitrogen and oxygen atoms in total. The summed E-state index contributed by atoms with van der Waals surface area (Å²) in [7, 11) is 1.76. The summed E-state index contributed by atoms with van der Waals surface area (Å²) >= 11 is 1.29. The van der Waals surface area contributed by atoms with Crippen molar-refractivity contribution in [1.82, 2.24) is 4.98 Å². The third-order valence-corrected chi connectivity index (χ3v) is 3.72. The molecular weight excluding hydrogens is 284 g/mol. The number of aldehydes is 1. The predicted molar refractivity (Wildman–Crippen MR) is 87.6 cm³/mol. The van der Waals surface area contributed by atoms with Crippen molar-refractivity contribution in [1.29, 1.82) is 0 Å². The van der Waals surface area contributed by atoms with Crippen LogP contribution in [0.1, 0.15) is 51.6 Å². The number of aromatic nitrogens is 1. The number of aryl methyl sites for hydroxylation is 1. The Balaban J connectivity index is 0.000000677. The monoisotopic (exact) mass is 304 g/mol. The van der Waals surface area contributed by atoms with Crippen LogP contribution in [-0.4, -0.2) is 24.1 Å². The standard InChI is InChI=1S/C13H12N2O2S.C3H8/c1-8-12(18-13(14-2)15-8)11(17)10-6-4-3-5-9(10)7-16;1-3-2/h3-7H,1-2H3,(H,14,15);3H2,1-2H3. The van der Waals surface area contributed by atoms with Crippen LogP contribution in [0.3, 0.4) is 0 Å². The average Bonchev–Trinajstić information content (AvgIpc) is 2.88. The van der Waals surface area contributed by atoms with Gasteiger partial charge in [-0.05, 0) is 6.92 Å². The number of hydrogen-bond donors (Lipinski definition) is 1. The highest BCUT2D eigenvalue weighted by atomic mass is 32.1. The van der Waals surface area contributed by atoms with E-state index in [1.54, 1.807) is 38.2 Å². The maximum Gasteiger partial charge on any atom is 0.205 e. The fraction of sp³-hybridized carbons (Fsp3) is 0.312. The molecule has 0 fully saturated rings. The van der Waals surface area contributed by atoms with Crippen molar-refractivity contribution in [2.75, 3.05) is 12.4 Å². The summed E-state index contributed by atoms with van der Waals surface area (Å²) in [6.45, 7) is 6.04. The number of hydrogen-bond acceptors (Lipinski definition) is 5. The fourth-order valence-corrected chi connectivity index (χ4v) is 2.52. The minimum atomic E-state index is -0.158. The Bertz CT molecular complexity index is 620. The lowest BCUT2D eigenvalue weighted by Gasteiger charge is -2.01. The molecule has 1 aromatic carbocycles. The van der Waals surface area contributed by atoms with E-state index in [-0.39, 0.29) is 5.78 Å². The van der Waals surface area contributed by atoms with Crippen LogP contribution in [0.4, 0.5) is 5.13 Å². The molecule has 0 bridgehead atoms. The van der Waals surface area contributed by atoms with Crippen LogP contribution in [0.15, 0.2) is 24.3 Å². The first-order valence-electron chi connectivity index (χ1n) is 6.83. The molecule has 0 aliphatic rings. The molecule has 0 saturated carbocycles. The van der Waals surface area contributed by atoms with Gasteiger partial charge in [0, 0.05) is 18.2 Å². The molecule has 2 aromatic rings. The Morgan fingerprint density at radius 3 is 2.48 bits per heavy atom. The van der Waals surface area contributed by atoms with Crippen LogP contribution in [0.25, 0.3) is 0 Å². The molecule has 21 heavy (non-hydrogen) atoms. The molecule has 0 aliphatic heterocycles. The molecule has 0 aliphatic carbocycles. The lowest BCUT2D eigenvalue weighted by molar-refractivity contribution is 0.103. The average molecular weight is 304 g/mol. The molecule has 0 spiro atoms. The van der Waals surface area contributed by atoms with Crippen molar-refractivity contribution in [3.8, 4) is 0 Å². The van der Waals surface area contributed by atoms with Gasteiger partial charge >= 0.3 is 0 Å². The summed E-state index contributed by atoms with van der Waals surface area (Å²) in [6, 6.07) is 6.77. The van der Waals surface area contributed by atoms with Gasteiger partial charge in [0.25, 0.3) is 0 Å². The van der Waals surface area contributed by atoms with Crippen molar-refractivity contribution in [2.24, 2.45) is 0 Å². The van der Waals surface area contributed by atoms with Crippen molar-refractivity contribution in [3.63, 3.8) is 0 Å². The van der Waals surface area contributed by atoms with E-state index in [0.717, 1.165) is 0 Å². The number of nitrogens with zero attached hydrogens (tertiary/aromatic N) is 1. The molecular formula is C16H20N2O2S. The van der Waals surface area contributed by atoms with E-state index in [0.29, 0.717) is 33.1 Å². The largest absolute Gasteiger partial charge is 0.365 e. The van der Waals surface area contributed by atoms with Crippen LogP contribution in [0.5, 0.6) is 0 Å². The number of benzene rings is 1. The van der Waals surface area contributed by atoms with Gasteiger partial charge in [0.2, 0.25) is 5.78 Å². The van der Waals surface area contributed by atoms with E-state index in [9.17, 15) is 9.59 Å². The minimum Gasteiger partial charge on any atom is -0.365 e. The van der Waals surface area contributed by atoms with E-state index < -0.39 is 0 Å². The zero-order valence-electron chi connectivity index (χ0n) is 12.8. The van der Waals surface area contributed by atoms with E-state index in [1.165, 1.54) is 17.8 Å². The van der Waals surface area contributed by atoms with Gasteiger partial charge in [-0.15, -0.1) is 0 Å². The fourth-order valence-electron chi connectivity index (χ4n) is 1.64. The van der Waals surface area contributed by atoms with Crippen LogP contribution in [0.2, 0.25) is 0 Å². The molecule has 1 N–H and O–H groups in total. The topological polar surface area (TPSA) is 59.1 Å². The number of rotatable bonds is 4. The Labute approximate surface area is 129 Å². The zero-order valence-corrected chi connectivity index (χ0v) is 13.6. The minimum absolute atomic E-state index is 0.158. The van der Waals surface area contributed by atoms with Gasteiger partial charge in [-0.3, -0.25) is 9.59 Å². The van der Waals surface area contributed by atoms with Crippen LogP contribution in [0, 0.1) is 6.92 Å². The number of carbonyl (C=O) groups is 2. The second-order valence-electron chi connectivity index (χ2n) is 4.42. The smallest absolute Gasteiger partial charge is 0.205 e. The molecule has 0 radical (unpaired) electrons. The first-order chi connectivity index (χ1) is 10.1. The highest BCUT2D eigenvalue weighted by Crippen LogP contribution is 2.25. The summed E-state index contributed by atoms with van der Waals surface area (Å²) in [5.41, 5.74) is 1.50. The number of thiazole rings is 1. The molecule has 1 heterocycles. The lowest BCUT2D eigenvalue weighted by atomic mass is 10.0. The third kappa shape index (κ3) is 4.23. The van der Waals surface area contributed by atoms with E-state index in [1.807, 2.05) is 0 Å². The first-order valence-corrected chi connectivity index (χ1v) is 7.64. The molecule has 0 unspecified atom stereocenters. The molecule has 1 aromatic heterocycles. The van der Waals surface area contributed by atoms with Gasteiger partial charge in [0.1, 0.15) is 0 Å². The maximum absolute atomic E-state index is 12.4. The second-order valence-corrected chi connectivity index (χ2v) is 5.42. The molecule has 0 saturated heterocycles. The summed E-state index contributed by atoms with van der Waals surface area (Å²) in [5, 5.41) is 3.60. The van der Waals surface area contributed by atoms with Gasteiger partial charge in [-0.1, -0.05) is 55.9 Å². The summed E-state index contributed by atoms with van der Waals surface area (Å²) in [4.78, 5) is 28.1. The quantitative estimate of drug-likeness (QED) is 0.686.